The lowest BCUT2D eigenvalue weighted by molar-refractivity contribution is 0.432. The van der Waals surface area contributed by atoms with Crippen LogP contribution in [0.1, 0.15) is 0 Å². The molecule has 0 saturated carbocycles. The lowest BCUT2D eigenvalue weighted by Crippen LogP contribution is -1.89. The van der Waals surface area contributed by atoms with Gasteiger partial charge in [0.15, 0.2) is 23.1 Å². The first kappa shape index (κ1) is 17.2. The molecule has 0 unspecified atom stereocenters. The van der Waals surface area contributed by atoms with Crippen molar-refractivity contribution in [1.29, 1.82) is 0 Å². The van der Waals surface area contributed by atoms with Crippen molar-refractivity contribution in [2.45, 2.75) is 0 Å². The summed E-state index contributed by atoms with van der Waals surface area (Å²) >= 11 is 2.15. The molecule has 3 rings (SSSR count). The minimum Gasteiger partial charge on any atom is -0.505 e. The molecular formula is C18H13F2IO2. The van der Waals surface area contributed by atoms with E-state index in [1.807, 2.05) is 24.3 Å². The Kier molecular flexibility index (Phi) is 6.34. The Bertz CT molecular complexity index is 714. The first-order chi connectivity index (χ1) is 11.1. The van der Waals surface area contributed by atoms with Gasteiger partial charge in [0, 0.05) is 0 Å². The number of rotatable bonds is 2. The second kappa shape index (κ2) is 8.47. The Morgan fingerprint density at radius 2 is 1.22 bits per heavy atom. The van der Waals surface area contributed by atoms with Crippen LogP contribution in [0, 0.1) is 15.2 Å². The Morgan fingerprint density at radius 3 is 1.74 bits per heavy atom. The van der Waals surface area contributed by atoms with Gasteiger partial charge in [-0.2, -0.15) is 0 Å². The topological polar surface area (TPSA) is 29.5 Å². The number of ether oxygens (including phenoxy) is 1. The summed E-state index contributed by atoms with van der Waals surface area (Å²) in [7, 11) is 0. The van der Waals surface area contributed by atoms with Crippen molar-refractivity contribution in [3.63, 3.8) is 0 Å². The molecule has 1 N–H and O–H groups in total. The molecule has 0 saturated heterocycles. The summed E-state index contributed by atoms with van der Waals surface area (Å²) in [6.45, 7) is 0. The fourth-order valence-electron chi connectivity index (χ4n) is 1.63. The van der Waals surface area contributed by atoms with Crippen molar-refractivity contribution in [2.75, 3.05) is 0 Å². The molecule has 0 radical (unpaired) electrons. The van der Waals surface area contributed by atoms with Gasteiger partial charge in [0.25, 0.3) is 0 Å². The van der Waals surface area contributed by atoms with Gasteiger partial charge >= 0.3 is 0 Å². The van der Waals surface area contributed by atoms with Crippen molar-refractivity contribution in [2.24, 2.45) is 0 Å². The molecular weight excluding hydrogens is 413 g/mol. The standard InChI is InChI=1S/C12H8FIO.C6H5FO/c13-9-5-1-3-7-11(9)15-12-8-4-2-6-10(12)14;7-5-3-1-2-4-6(5)8/h1-8H;1-4,8H. The van der Waals surface area contributed by atoms with Gasteiger partial charge in [0.1, 0.15) is 5.75 Å². The van der Waals surface area contributed by atoms with Crippen molar-refractivity contribution < 1.29 is 18.6 Å². The molecule has 0 heterocycles. The van der Waals surface area contributed by atoms with E-state index >= 15 is 0 Å². The molecule has 0 fully saturated rings. The maximum absolute atomic E-state index is 13.3. The summed E-state index contributed by atoms with van der Waals surface area (Å²) in [4.78, 5) is 0. The van der Waals surface area contributed by atoms with Crippen LogP contribution in [0.3, 0.4) is 0 Å². The molecule has 118 valence electrons. The molecule has 0 aliphatic rings. The van der Waals surface area contributed by atoms with E-state index in [1.54, 1.807) is 24.3 Å². The SMILES string of the molecule is Fc1ccccc1Oc1ccccc1I.Oc1ccccc1F. The molecule has 0 aromatic heterocycles. The zero-order valence-electron chi connectivity index (χ0n) is 11.9. The van der Waals surface area contributed by atoms with Crippen LogP contribution in [0.4, 0.5) is 8.78 Å². The maximum Gasteiger partial charge on any atom is 0.165 e. The first-order valence-electron chi connectivity index (χ1n) is 6.68. The van der Waals surface area contributed by atoms with Gasteiger partial charge in [0.2, 0.25) is 0 Å². The number of hydrogen-bond acceptors (Lipinski definition) is 2. The lowest BCUT2D eigenvalue weighted by Gasteiger charge is -2.07. The van der Waals surface area contributed by atoms with Crippen molar-refractivity contribution in [1.82, 2.24) is 0 Å². The minimum atomic E-state index is -0.576. The van der Waals surface area contributed by atoms with Gasteiger partial charge in [-0.3, -0.25) is 0 Å². The van der Waals surface area contributed by atoms with Gasteiger partial charge in [-0.1, -0.05) is 36.4 Å². The predicted octanol–water partition coefficient (Wildman–Crippen LogP) is 5.75. The quantitative estimate of drug-likeness (QED) is 0.529. The third kappa shape index (κ3) is 5.21. The number of hydrogen-bond donors (Lipinski definition) is 1. The van der Waals surface area contributed by atoms with Gasteiger partial charge in [-0.25, -0.2) is 8.78 Å². The van der Waals surface area contributed by atoms with E-state index in [-0.39, 0.29) is 17.3 Å². The van der Waals surface area contributed by atoms with Crippen LogP contribution >= 0.6 is 22.6 Å². The van der Waals surface area contributed by atoms with E-state index in [9.17, 15) is 8.78 Å². The summed E-state index contributed by atoms with van der Waals surface area (Å²) in [5.74, 6) is -0.304. The molecule has 0 bridgehead atoms. The fraction of sp³-hybridized carbons (Fsp3) is 0. The number of halogens is 3. The lowest BCUT2D eigenvalue weighted by atomic mass is 10.3. The molecule has 23 heavy (non-hydrogen) atoms. The highest BCUT2D eigenvalue weighted by molar-refractivity contribution is 14.1. The highest BCUT2D eigenvalue weighted by Crippen LogP contribution is 2.27. The molecule has 0 aliphatic carbocycles. The van der Waals surface area contributed by atoms with Crippen LogP contribution in [0.5, 0.6) is 17.2 Å². The van der Waals surface area contributed by atoms with Crippen molar-refractivity contribution in [3.8, 4) is 17.2 Å². The van der Waals surface area contributed by atoms with Crippen LogP contribution < -0.4 is 4.74 Å². The number of aromatic hydroxyl groups is 1. The molecule has 0 amide bonds. The zero-order valence-corrected chi connectivity index (χ0v) is 14.1. The number of para-hydroxylation sites is 3. The molecule has 5 heteroatoms. The van der Waals surface area contributed by atoms with E-state index in [0.717, 1.165) is 3.57 Å². The molecule has 0 spiro atoms. The smallest absolute Gasteiger partial charge is 0.165 e. The monoisotopic (exact) mass is 426 g/mol. The molecule has 3 aromatic carbocycles. The summed E-state index contributed by atoms with van der Waals surface area (Å²) in [6, 6.07) is 19.5. The van der Waals surface area contributed by atoms with Crippen LogP contribution in [-0.2, 0) is 0 Å². The summed E-state index contributed by atoms with van der Waals surface area (Å²) in [6.07, 6.45) is 0. The zero-order chi connectivity index (χ0) is 16.7. The summed E-state index contributed by atoms with van der Waals surface area (Å²) in [5, 5.41) is 8.54. The van der Waals surface area contributed by atoms with Crippen molar-refractivity contribution in [3.05, 3.63) is 88.0 Å². The van der Waals surface area contributed by atoms with Crippen LogP contribution in [0.25, 0.3) is 0 Å². The molecule has 0 atom stereocenters. The van der Waals surface area contributed by atoms with E-state index < -0.39 is 5.82 Å². The van der Waals surface area contributed by atoms with Crippen LogP contribution in [0.15, 0.2) is 72.8 Å². The highest BCUT2D eigenvalue weighted by Gasteiger charge is 2.05. The van der Waals surface area contributed by atoms with E-state index in [1.165, 1.54) is 24.3 Å². The molecule has 2 nitrogen and oxygen atoms in total. The van der Waals surface area contributed by atoms with E-state index in [4.69, 9.17) is 9.84 Å². The number of benzene rings is 3. The van der Waals surface area contributed by atoms with Crippen molar-refractivity contribution >= 4 is 22.6 Å². The van der Waals surface area contributed by atoms with Gasteiger partial charge in [0.05, 0.1) is 3.57 Å². The number of phenolic OH excluding ortho intramolecular Hbond substituents is 1. The molecule has 0 aliphatic heterocycles. The predicted molar refractivity (Wildman–Crippen MR) is 93.7 cm³/mol. The third-order valence-corrected chi connectivity index (χ3v) is 3.64. The number of phenols is 1. The minimum absolute atomic E-state index is 0.251. The fourth-order valence-corrected chi connectivity index (χ4v) is 2.12. The Labute approximate surface area is 146 Å². The normalized spacial score (nSPS) is 9.70. The summed E-state index contributed by atoms with van der Waals surface area (Å²) in [5.41, 5.74) is 0. The van der Waals surface area contributed by atoms with E-state index in [2.05, 4.69) is 22.6 Å². The maximum atomic E-state index is 13.3. The Hall–Kier alpha value is -2.15. The Balaban J connectivity index is 0.000000203. The first-order valence-corrected chi connectivity index (χ1v) is 7.76. The van der Waals surface area contributed by atoms with Crippen LogP contribution in [-0.4, -0.2) is 5.11 Å². The third-order valence-electron chi connectivity index (χ3n) is 2.75. The van der Waals surface area contributed by atoms with E-state index in [0.29, 0.717) is 5.75 Å². The Morgan fingerprint density at radius 1 is 0.696 bits per heavy atom. The van der Waals surface area contributed by atoms with Crippen LogP contribution in [0.2, 0.25) is 0 Å². The second-order valence-electron chi connectivity index (χ2n) is 4.41. The van der Waals surface area contributed by atoms with Gasteiger partial charge in [-0.05, 0) is 59.0 Å². The molecule has 3 aromatic rings. The van der Waals surface area contributed by atoms with Gasteiger partial charge < -0.3 is 9.84 Å². The average molecular weight is 426 g/mol. The van der Waals surface area contributed by atoms with Gasteiger partial charge in [-0.15, -0.1) is 0 Å². The largest absolute Gasteiger partial charge is 0.505 e. The average Bonchev–Trinajstić information content (AvgIpc) is 2.55. The summed E-state index contributed by atoms with van der Waals surface area (Å²) < 4.78 is 31.8. The highest BCUT2D eigenvalue weighted by atomic mass is 127. The second-order valence-corrected chi connectivity index (χ2v) is 5.58.